The number of rotatable bonds is 6. The van der Waals surface area contributed by atoms with Crippen LogP contribution in [0.3, 0.4) is 0 Å². The maximum atomic E-state index is 13.2. The molecule has 35 heavy (non-hydrogen) atoms. The Balaban J connectivity index is 1.27. The number of pyridine rings is 1. The van der Waals surface area contributed by atoms with Crippen molar-refractivity contribution in [1.29, 1.82) is 0 Å². The van der Waals surface area contributed by atoms with E-state index in [1.807, 2.05) is 31.2 Å². The number of hydrogen-bond acceptors (Lipinski definition) is 9. The first-order valence-corrected chi connectivity index (χ1v) is 12.6. The molecular formula is C24H25N7O3S. The number of anilines is 3. The molecule has 1 aliphatic rings. The number of oxazole rings is 1. The summed E-state index contributed by atoms with van der Waals surface area (Å²) in [6.45, 7) is 5.36. The predicted molar refractivity (Wildman–Crippen MR) is 132 cm³/mol. The lowest BCUT2D eigenvalue weighted by Crippen LogP contribution is -2.49. The number of benzene rings is 1. The summed E-state index contributed by atoms with van der Waals surface area (Å²) in [5.74, 6) is 3.27. The van der Waals surface area contributed by atoms with Crippen LogP contribution in [-0.4, -0.2) is 58.8 Å². The van der Waals surface area contributed by atoms with Crippen molar-refractivity contribution in [3.05, 3.63) is 72.7 Å². The van der Waals surface area contributed by atoms with Gasteiger partial charge in [-0.05, 0) is 31.2 Å². The number of hydrogen-bond donors (Lipinski definition) is 1. The second-order valence-corrected chi connectivity index (χ2v) is 10.1. The molecule has 1 aromatic carbocycles. The molecule has 4 aromatic rings. The number of nitrogens with zero attached hydrogens (tertiary/aromatic N) is 6. The fourth-order valence-electron chi connectivity index (χ4n) is 3.95. The van der Waals surface area contributed by atoms with Crippen molar-refractivity contribution in [1.82, 2.24) is 24.2 Å². The summed E-state index contributed by atoms with van der Waals surface area (Å²) in [7, 11) is -3.61. The van der Waals surface area contributed by atoms with E-state index in [0.717, 1.165) is 11.4 Å². The van der Waals surface area contributed by atoms with Gasteiger partial charge < -0.3 is 14.6 Å². The molecule has 0 bridgehead atoms. The van der Waals surface area contributed by atoms with Crippen LogP contribution in [0.2, 0.25) is 0 Å². The molecule has 0 radical (unpaired) electrons. The van der Waals surface area contributed by atoms with Crippen LogP contribution in [0.1, 0.15) is 11.7 Å². The maximum absolute atomic E-state index is 13.2. The van der Waals surface area contributed by atoms with E-state index in [0.29, 0.717) is 55.2 Å². The van der Waals surface area contributed by atoms with E-state index in [2.05, 4.69) is 30.2 Å². The summed E-state index contributed by atoms with van der Waals surface area (Å²) in [5, 5.41) is 3.19. The Morgan fingerprint density at radius 2 is 1.69 bits per heavy atom. The van der Waals surface area contributed by atoms with E-state index < -0.39 is 10.0 Å². The SMILES string of the molecule is Cc1nc(Nc2ccccn2)cc(N2CCN(S(=O)(=O)c3ccc(-c4coc(C)n4)cc3)CC2)n1. The van der Waals surface area contributed by atoms with Crippen molar-refractivity contribution in [3.63, 3.8) is 0 Å². The van der Waals surface area contributed by atoms with E-state index >= 15 is 0 Å². The topological polar surface area (TPSA) is 117 Å². The van der Waals surface area contributed by atoms with Gasteiger partial charge in [0.25, 0.3) is 0 Å². The minimum absolute atomic E-state index is 0.259. The van der Waals surface area contributed by atoms with Crippen molar-refractivity contribution < 1.29 is 12.8 Å². The van der Waals surface area contributed by atoms with Gasteiger partial charge in [-0.2, -0.15) is 4.31 Å². The molecule has 1 aliphatic heterocycles. The van der Waals surface area contributed by atoms with Gasteiger partial charge in [0.2, 0.25) is 10.0 Å². The molecule has 0 atom stereocenters. The van der Waals surface area contributed by atoms with Gasteiger partial charge in [0.05, 0.1) is 4.90 Å². The fraction of sp³-hybridized carbons (Fsp3) is 0.250. The number of sulfonamides is 1. The standard InChI is InChI=1S/C24H25N7O3S/c1-17-26-23(29-22-5-3-4-10-25-22)15-24(27-17)30-11-13-31(14-12-30)35(32,33)20-8-6-19(7-9-20)21-16-34-18(2)28-21/h3-10,15-16H,11-14H2,1-2H3,(H,25,26,27,29). The minimum atomic E-state index is -3.61. The highest BCUT2D eigenvalue weighted by molar-refractivity contribution is 7.89. The molecule has 1 fully saturated rings. The van der Waals surface area contributed by atoms with Crippen LogP contribution in [0, 0.1) is 13.8 Å². The van der Waals surface area contributed by atoms with Gasteiger partial charge in [-0.1, -0.05) is 18.2 Å². The van der Waals surface area contributed by atoms with Crippen molar-refractivity contribution in [2.24, 2.45) is 0 Å². The highest BCUT2D eigenvalue weighted by Crippen LogP contribution is 2.25. The van der Waals surface area contributed by atoms with E-state index in [9.17, 15) is 8.42 Å². The van der Waals surface area contributed by atoms with Crippen molar-refractivity contribution in [2.45, 2.75) is 18.7 Å². The molecule has 4 heterocycles. The molecule has 1 saturated heterocycles. The van der Waals surface area contributed by atoms with Gasteiger partial charge in [-0.3, -0.25) is 0 Å². The number of aryl methyl sites for hydroxylation is 2. The third kappa shape index (κ3) is 5.00. The average Bonchev–Trinajstić information content (AvgIpc) is 3.31. The lowest BCUT2D eigenvalue weighted by Gasteiger charge is -2.34. The smallest absolute Gasteiger partial charge is 0.243 e. The summed E-state index contributed by atoms with van der Waals surface area (Å²) in [6.07, 6.45) is 3.27. The van der Waals surface area contributed by atoms with Crippen LogP contribution in [0.5, 0.6) is 0 Å². The van der Waals surface area contributed by atoms with Gasteiger partial charge in [0.15, 0.2) is 5.89 Å². The summed E-state index contributed by atoms with van der Waals surface area (Å²) < 4.78 is 33.2. The van der Waals surface area contributed by atoms with Crippen LogP contribution in [0.15, 0.2) is 70.3 Å². The van der Waals surface area contributed by atoms with Crippen LogP contribution in [0.25, 0.3) is 11.3 Å². The van der Waals surface area contributed by atoms with Crippen LogP contribution in [0.4, 0.5) is 17.5 Å². The van der Waals surface area contributed by atoms with Crippen molar-refractivity contribution in [2.75, 3.05) is 36.4 Å². The van der Waals surface area contributed by atoms with E-state index in [-0.39, 0.29) is 4.90 Å². The van der Waals surface area contributed by atoms with E-state index in [4.69, 9.17) is 4.42 Å². The monoisotopic (exact) mass is 491 g/mol. The Hall–Kier alpha value is -3.83. The molecule has 5 rings (SSSR count). The maximum Gasteiger partial charge on any atom is 0.243 e. The van der Waals surface area contributed by atoms with Crippen LogP contribution < -0.4 is 10.2 Å². The van der Waals surface area contributed by atoms with Gasteiger partial charge in [0, 0.05) is 50.9 Å². The quantitative estimate of drug-likeness (QED) is 0.433. The van der Waals surface area contributed by atoms with Crippen LogP contribution >= 0.6 is 0 Å². The molecule has 0 saturated carbocycles. The first-order valence-electron chi connectivity index (χ1n) is 11.2. The summed E-state index contributed by atoms with van der Waals surface area (Å²) in [4.78, 5) is 19.9. The van der Waals surface area contributed by atoms with Crippen molar-refractivity contribution in [3.8, 4) is 11.3 Å². The largest absolute Gasteiger partial charge is 0.449 e. The lowest BCUT2D eigenvalue weighted by molar-refractivity contribution is 0.383. The lowest BCUT2D eigenvalue weighted by atomic mass is 10.2. The molecule has 1 N–H and O–H groups in total. The molecule has 0 unspecified atom stereocenters. The zero-order valence-electron chi connectivity index (χ0n) is 19.4. The van der Waals surface area contributed by atoms with E-state index in [1.54, 1.807) is 43.6 Å². The average molecular weight is 492 g/mol. The fourth-order valence-corrected chi connectivity index (χ4v) is 5.37. The third-order valence-corrected chi connectivity index (χ3v) is 7.63. The van der Waals surface area contributed by atoms with E-state index in [1.165, 1.54) is 4.31 Å². The minimum Gasteiger partial charge on any atom is -0.449 e. The summed E-state index contributed by atoms with van der Waals surface area (Å²) in [5.41, 5.74) is 1.48. The molecule has 10 nitrogen and oxygen atoms in total. The molecule has 0 spiro atoms. The predicted octanol–water partition coefficient (Wildman–Crippen LogP) is 3.40. The molecular weight excluding hydrogens is 466 g/mol. The molecule has 180 valence electrons. The first kappa shape index (κ1) is 22.9. The Kier molecular flexibility index (Phi) is 6.18. The second-order valence-electron chi connectivity index (χ2n) is 8.17. The molecule has 0 aliphatic carbocycles. The molecule has 0 amide bonds. The summed E-state index contributed by atoms with van der Waals surface area (Å²) >= 11 is 0. The van der Waals surface area contributed by atoms with Crippen molar-refractivity contribution >= 4 is 27.5 Å². The zero-order chi connectivity index (χ0) is 24.4. The zero-order valence-corrected chi connectivity index (χ0v) is 20.2. The Morgan fingerprint density at radius 1 is 0.914 bits per heavy atom. The van der Waals surface area contributed by atoms with Gasteiger partial charge in [-0.25, -0.2) is 28.4 Å². The van der Waals surface area contributed by atoms with Gasteiger partial charge in [0.1, 0.15) is 35.2 Å². The molecule has 3 aromatic heterocycles. The number of nitrogens with one attached hydrogen (secondary N) is 1. The summed E-state index contributed by atoms with van der Waals surface area (Å²) in [6, 6.07) is 14.2. The highest BCUT2D eigenvalue weighted by Gasteiger charge is 2.29. The highest BCUT2D eigenvalue weighted by atomic mass is 32.2. The Labute approximate surface area is 203 Å². The molecule has 11 heteroatoms. The number of piperazine rings is 1. The number of aromatic nitrogens is 4. The second kappa shape index (κ2) is 9.43. The van der Waals surface area contributed by atoms with Gasteiger partial charge >= 0.3 is 0 Å². The Bertz CT molecular complexity index is 1420. The first-order chi connectivity index (χ1) is 16.9. The Morgan fingerprint density at radius 3 is 2.34 bits per heavy atom. The normalized spacial score (nSPS) is 14.7. The van der Waals surface area contributed by atoms with Gasteiger partial charge in [-0.15, -0.1) is 0 Å². The third-order valence-electron chi connectivity index (χ3n) is 5.71. The van der Waals surface area contributed by atoms with Crippen LogP contribution in [-0.2, 0) is 10.0 Å².